The zero-order chi connectivity index (χ0) is 14.3. The van der Waals surface area contributed by atoms with Crippen LogP contribution in [-0.2, 0) is 6.42 Å². The predicted octanol–water partition coefficient (Wildman–Crippen LogP) is 2.74. The topological polar surface area (TPSA) is 49.3 Å². The van der Waals surface area contributed by atoms with Crippen LogP contribution in [0.5, 0.6) is 0 Å². The van der Waals surface area contributed by atoms with E-state index in [1.165, 1.54) is 5.01 Å². The summed E-state index contributed by atoms with van der Waals surface area (Å²) >= 11 is 1.76. The van der Waals surface area contributed by atoms with Crippen LogP contribution in [0.4, 0.5) is 0 Å². The SMILES string of the molecule is CN=C(NCCCCc1nc(C)cs1)NC(C)(C)C. The Kier molecular flexibility index (Phi) is 6.28. The number of rotatable bonds is 5. The first kappa shape index (κ1) is 16.0. The number of hydrogen-bond donors (Lipinski definition) is 2. The van der Waals surface area contributed by atoms with E-state index in [0.29, 0.717) is 0 Å². The maximum absolute atomic E-state index is 4.47. The van der Waals surface area contributed by atoms with Gasteiger partial charge in [-0.3, -0.25) is 4.99 Å². The molecule has 0 saturated carbocycles. The lowest BCUT2D eigenvalue weighted by molar-refractivity contribution is 0.500. The van der Waals surface area contributed by atoms with Gasteiger partial charge in [0.25, 0.3) is 0 Å². The molecule has 1 aromatic rings. The van der Waals surface area contributed by atoms with Gasteiger partial charge < -0.3 is 10.6 Å². The van der Waals surface area contributed by atoms with Gasteiger partial charge >= 0.3 is 0 Å². The van der Waals surface area contributed by atoms with Gasteiger partial charge in [0, 0.05) is 30.2 Å². The normalized spacial score (nSPS) is 12.6. The number of unbranched alkanes of at least 4 members (excludes halogenated alkanes) is 1. The van der Waals surface area contributed by atoms with Gasteiger partial charge in [0.15, 0.2) is 5.96 Å². The molecule has 2 N–H and O–H groups in total. The third-order valence-corrected chi connectivity index (χ3v) is 3.52. The second-order valence-electron chi connectivity index (χ2n) is 5.71. The second-order valence-corrected chi connectivity index (χ2v) is 6.66. The molecule has 0 aliphatic carbocycles. The monoisotopic (exact) mass is 282 g/mol. The molecule has 1 rings (SSSR count). The van der Waals surface area contributed by atoms with E-state index < -0.39 is 0 Å². The Bertz CT molecular complexity index is 404. The molecule has 19 heavy (non-hydrogen) atoms. The van der Waals surface area contributed by atoms with E-state index in [2.05, 4.69) is 46.8 Å². The number of aromatic nitrogens is 1. The van der Waals surface area contributed by atoms with Crippen molar-refractivity contribution in [2.75, 3.05) is 13.6 Å². The summed E-state index contributed by atoms with van der Waals surface area (Å²) in [5.74, 6) is 0.873. The summed E-state index contributed by atoms with van der Waals surface area (Å²) in [4.78, 5) is 8.69. The molecule has 108 valence electrons. The number of aliphatic imine (C=N–C) groups is 1. The minimum Gasteiger partial charge on any atom is -0.356 e. The highest BCUT2D eigenvalue weighted by Gasteiger charge is 2.11. The molecular formula is C14H26N4S. The largest absolute Gasteiger partial charge is 0.356 e. The number of thiazole rings is 1. The van der Waals surface area contributed by atoms with Gasteiger partial charge in [-0.1, -0.05) is 0 Å². The number of guanidine groups is 1. The average molecular weight is 282 g/mol. The first-order valence-electron chi connectivity index (χ1n) is 6.80. The van der Waals surface area contributed by atoms with E-state index in [9.17, 15) is 0 Å². The summed E-state index contributed by atoms with van der Waals surface area (Å²) in [5, 5.41) is 10.0. The van der Waals surface area contributed by atoms with Gasteiger partial charge in [-0.15, -0.1) is 11.3 Å². The van der Waals surface area contributed by atoms with Crippen LogP contribution in [0.1, 0.15) is 44.3 Å². The van der Waals surface area contributed by atoms with Gasteiger partial charge in [0.1, 0.15) is 0 Å². The summed E-state index contributed by atoms with van der Waals surface area (Å²) in [6.45, 7) is 9.38. The molecule has 0 aliphatic rings. The minimum absolute atomic E-state index is 0.0419. The van der Waals surface area contributed by atoms with E-state index >= 15 is 0 Å². The summed E-state index contributed by atoms with van der Waals surface area (Å²) in [7, 11) is 1.80. The van der Waals surface area contributed by atoms with Crippen molar-refractivity contribution < 1.29 is 0 Å². The highest BCUT2D eigenvalue weighted by atomic mass is 32.1. The van der Waals surface area contributed by atoms with Crippen LogP contribution in [0.3, 0.4) is 0 Å². The summed E-state index contributed by atoms with van der Waals surface area (Å²) in [5.41, 5.74) is 1.17. The summed E-state index contributed by atoms with van der Waals surface area (Å²) in [6, 6.07) is 0. The molecule has 0 radical (unpaired) electrons. The number of hydrogen-bond acceptors (Lipinski definition) is 3. The quantitative estimate of drug-likeness (QED) is 0.496. The van der Waals surface area contributed by atoms with Crippen LogP contribution in [0.25, 0.3) is 0 Å². The average Bonchev–Trinajstić information content (AvgIpc) is 2.71. The van der Waals surface area contributed by atoms with E-state index in [-0.39, 0.29) is 5.54 Å². The molecule has 1 aromatic heterocycles. The smallest absolute Gasteiger partial charge is 0.191 e. The van der Waals surface area contributed by atoms with Gasteiger partial charge in [-0.2, -0.15) is 0 Å². The Hall–Kier alpha value is -1.10. The highest BCUT2D eigenvalue weighted by molar-refractivity contribution is 7.09. The zero-order valence-corrected chi connectivity index (χ0v) is 13.5. The summed E-state index contributed by atoms with van der Waals surface area (Å²) in [6.07, 6.45) is 3.36. The van der Waals surface area contributed by atoms with Crippen molar-refractivity contribution in [3.8, 4) is 0 Å². The third kappa shape index (κ3) is 7.15. The lowest BCUT2D eigenvalue weighted by Crippen LogP contribution is -2.47. The highest BCUT2D eigenvalue weighted by Crippen LogP contribution is 2.11. The third-order valence-electron chi connectivity index (χ3n) is 2.49. The van der Waals surface area contributed by atoms with Crippen LogP contribution in [0.2, 0.25) is 0 Å². The van der Waals surface area contributed by atoms with Crippen LogP contribution in [-0.4, -0.2) is 30.1 Å². The van der Waals surface area contributed by atoms with Crippen molar-refractivity contribution in [2.24, 2.45) is 4.99 Å². The Morgan fingerprint density at radius 2 is 2.11 bits per heavy atom. The molecule has 0 unspecified atom stereocenters. The molecule has 0 aliphatic heterocycles. The van der Waals surface area contributed by atoms with Crippen molar-refractivity contribution in [2.45, 2.75) is 52.5 Å². The van der Waals surface area contributed by atoms with Crippen molar-refractivity contribution in [1.82, 2.24) is 15.6 Å². The van der Waals surface area contributed by atoms with Crippen molar-refractivity contribution in [3.63, 3.8) is 0 Å². The molecule has 0 saturated heterocycles. The van der Waals surface area contributed by atoms with Crippen molar-refractivity contribution in [3.05, 3.63) is 16.1 Å². The molecule has 0 spiro atoms. The van der Waals surface area contributed by atoms with Crippen LogP contribution in [0.15, 0.2) is 10.4 Å². The van der Waals surface area contributed by atoms with Crippen LogP contribution >= 0.6 is 11.3 Å². The van der Waals surface area contributed by atoms with E-state index in [0.717, 1.165) is 37.5 Å². The fraction of sp³-hybridized carbons (Fsp3) is 0.714. The van der Waals surface area contributed by atoms with Crippen molar-refractivity contribution in [1.29, 1.82) is 0 Å². The fourth-order valence-electron chi connectivity index (χ4n) is 1.66. The van der Waals surface area contributed by atoms with Gasteiger partial charge in [-0.25, -0.2) is 4.98 Å². The standard InChI is InChI=1S/C14H26N4S/c1-11-10-19-12(17-11)8-6-7-9-16-13(15-5)18-14(2,3)4/h10H,6-9H2,1-5H3,(H2,15,16,18). The maximum Gasteiger partial charge on any atom is 0.191 e. The van der Waals surface area contributed by atoms with Gasteiger partial charge in [0.05, 0.1) is 5.01 Å². The number of aryl methyl sites for hydroxylation is 2. The molecule has 4 nitrogen and oxygen atoms in total. The summed E-state index contributed by atoms with van der Waals surface area (Å²) < 4.78 is 0. The fourth-order valence-corrected chi connectivity index (χ4v) is 2.48. The van der Waals surface area contributed by atoms with Gasteiger partial charge in [-0.05, 0) is 47.0 Å². The maximum atomic E-state index is 4.47. The van der Waals surface area contributed by atoms with Crippen LogP contribution < -0.4 is 10.6 Å². The molecule has 1 heterocycles. The minimum atomic E-state index is 0.0419. The predicted molar refractivity (Wildman–Crippen MR) is 84.0 cm³/mol. The number of nitrogens with zero attached hydrogens (tertiary/aromatic N) is 2. The lowest BCUT2D eigenvalue weighted by atomic mass is 10.1. The van der Waals surface area contributed by atoms with E-state index in [4.69, 9.17) is 0 Å². The molecule has 0 aromatic carbocycles. The van der Waals surface area contributed by atoms with E-state index in [1.54, 1.807) is 18.4 Å². The second kappa shape index (κ2) is 7.48. The van der Waals surface area contributed by atoms with Crippen molar-refractivity contribution >= 4 is 17.3 Å². The molecule has 5 heteroatoms. The molecule has 0 fully saturated rings. The Labute approximate surface area is 120 Å². The number of nitrogens with one attached hydrogen (secondary N) is 2. The molecule has 0 atom stereocenters. The Morgan fingerprint density at radius 1 is 1.37 bits per heavy atom. The molecular weight excluding hydrogens is 256 g/mol. The Morgan fingerprint density at radius 3 is 2.63 bits per heavy atom. The van der Waals surface area contributed by atoms with E-state index in [1.807, 2.05) is 6.92 Å². The first-order chi connectivity index (χ1) is 8.90. The Balaban J connectivity index is 2.16. The van der Waals surface area contributed by atoms with Gasteiger partial charge in [0.2, 0.25) is 0 Å². The molecule has 0 amide bonds. The van der Waals surface area contributed by atoms with Crippen LogP contribution in [0, 0.1) is 6.92 Å². The first-order valence-corrected chi connectivity index (χ1v) is 7.68. The molecule has 0 bridgehead atoms. The lowest BCUT2D eigenvalue weighted by Gasteiger charge is -2.23. The zero-order valence-electron chi connectivity index (χ0n) is 12.7.